The Bertz CT molecular complexity index is 895. The van der Waals surface area contributed by atoms with Gasteiger partial charge in [0, 0.05) is 0 Å². The van der Waals surface area contributed by atoms with Gasteiger partial charge >= 0.3 is 0 Å². The van der Waals surface area contributed by atoms with Crippen molar-refractivity contribution in [2.45, 2.75) is 6.92 Å². The quantitative estimate of drug-likeness (QED) is 0.367. The molecule has 0 aliphatic rings. The number of hydrogen-bond acceptors (Lipinski definition) is 7. The molecule has 0 fully saturated rings. The summed E-state index contributed by atoms with van der Waals surface area (Å²) in [4.78, 5) is 8.55. The van der Waals surface area contributed by atoms with Crippen LogP contribution in [0.4, 0.5) is 5.82 Å². The van der Waals surface area contributed by atoms with Crippen LogP contribution in [-0.4, -0.2) is 28.4 Å². The van der Waals surface area contributed by atoms with Crippen LogP contribution in [0, 0.1) is 9.81 Å². The highest BCUT2D eigenvalue weighted by molar-refractivity contribution is 14.1. The van der Waals surface area contributed by atoms with Crippen LogP contribution in [0.2, 0.25) is 0 Å². The topological polar surface area (TPSA) is 79.6 Å². The smallest absolute Gasteiger partial charge is 0.167 e. The van der Waals surface area contributed by atoms with E-state index in [1.54, 1.807) is 35.8 Å². The lowest BCUT2D eigenvalue weighted by molar-refractivity contribution is 0.373. The van der Waals surface area contributed by atoms with Gasteiger partial charge in [-0.05, 0) is 58.8 Å². The molecule has 0 radical (unpaired) electrons. The number of halogens is 1. The number of thiophene rings is 1. The molecular weight excluding hydrogens is 427 g/mol. The highest BCUT2D eigenvalue weighted by Crippen LogP contribution is 2.34. The zero-order valence-corrected chi connectivity index (χ0v) is 15.3. The molecule has 1 aromatic carbocycles. The van der Waals surface area contributed by atoms with Crippen molar-refractivity contribution in [1.82, 2.24) is 9.97 Å². The lowest BCUT2D eigenvalue weighted by Crippen LogP contribution is -1.95. The number of fused-ring (bicyclic) bond motifs is 1. The average Bonchev–Trinajstić information content (AvgIpc) is 2.84. The van der Waals surface area contributed by atoms with E-state index in [1.165, 1.54) is 16.3 Å². The summed E-state index contributed by atoms with van der Waals surface area (Å²) in [6, 6.07) is 5.07. The van der Waals surface area contributed by atoms with Gasteiger partial charge in [0.2, 0.25) is 0 Å². The van der Waals surface area contributed by atoms with E-state index in [-0.39, 0.29) is 5.75 Å². The van der Waals surface area contributed by atoms with Crippen molar-refractivity contribution < 1.29 is 9.84 Å². The predicted molar refractivity (Wildman–Crippen MR) is 101 cm³/mol. The van der Waals surface area contributed by atoms with E-state index in [2.05, 4.69) is 43.1 Å². The molecule has 0 aliphatic carbocycles. The number of hydrazone groups is 1. The summed E-state index contributed by atoms with van der Waals surface area (Å²) >= 11 is 3.92. The molecule has 0 bridgehead atoms. The first-order chi connectivity index (χ1) is 11.1. The number of phenolic OH excluding ortho intramolecular Hbond substituents is 1. The minimum atomic E-state index is 0.0734. The fourth-order valence-corrected chi connectivity index (χ4v) is 3.87. The first kappa shape index (κ1) is 15.9. The van der Waals surface area contributed by atoms with Crippen molar-refractivity contribution in [2.24, 2.45) is 5.10 Å². The van der Waals surface area contributed by atoms with Crippen LogP contribution in [0.5, 0.6) is 11.5 Å². The first-order valence-electron chi connectivity index (χ1n) is 6.66. The Morgan fingerprint density at radius 2 is 2.22 bits per heavy atom. The third-order valence-corrected chi connectivity index (χ3v) is 5.78. The second kappa shape index (κ2) is 6.67. The molecule has 0 saturated heterocycles. The Morgan fingerprint density at radius 3 is 2.96 bits per heavy atom. The van der Waals surface area contributed by atoms with Gasteiger partial charge in [0.1, 0.15) is 6.33 Å². The number of aromatic nitrogens is 2. The molecule has 118 valence electrons. The molecular formula is C15H13IN4O2S. The molecule has 23 heavy (non-hydrogen) atoms. The number of methoxy groups -OCH3 is 1. The van der Waals surface area contributed by atoms with Gasteiger partial charge in [0.15, 0.2) is 17.3 Å². The van der Waals surface area contributed by atoms with Crippen LogP contribution in [0.3, 0.4) is 0 Å². The second-order valence-electron chi connectivity index (χ2n) is 4.70. The van der Waals surface area contributed by atoms with Gasteiger partial charge in [-0.3, -0.25) is 5.43 Å². The summed E-state index contributed by atoms with van der Waals surface area (Å²) in [6.07, 6.45) is 3.13. The largest absolute Gasteiger partial charge is 0.504 e. The molecule has 0 atom stereocenters. The Labute approximate surface area is 150 Å². The number of hydrogen-bond donors (Lipinski definition) is 2. The highest BCUT2D eigenvalue weighted by atomic mass is 127. The van der Waals surface area contributed by atoms with E-state index in [4.69, 9.17) is 4.74 Å². The highest BCUT2D eigenvalue weighted by Gasteiger charge is 2.11. The zero-order valence-electron chi connectivity index (χ0n) is 12.4. The standard InChI is InChI=1S/C15H13IN4O2S/c1-8-12-13(23-14(8)16)15(18-7-17-12)20-19-6-9-3-4-11(22-2)10(21)5-9/h3-7,21H,1-2H3,(H,17,18,20). The van der Waals surface area contributed by atoms with Crippen LogP contribution in [0.25, 0.3) is 10.2 Å². The van der Waals surface area contributed by atoms with Gasteiger partial charge < -0.3 is 9.84 Å². The number of benzene rings is 1. The van der Waals surface area contributed by atoms with E-state index >= 15 is 0 Å². The van der Waals surface area contributed by atoms with E-state index in [0.29, 0.717) is 11.6 Å². The normalized spacial score (nSPS) is 11.3. The monoisotopic (exact) mass is 440 g/mol. The van der Waals surface area contributed by atoms with Crippen LogP contribution >= 0.6 is 33.9 Å². The summed E-state index contributed by atoms with van der Waals surface area (Å²) < 4.78 is 7.17. The summed E-state index contributed by atoms with van der Waals surface area (Å²) in [5.74, 6) is 1.17. The number of anilines is 1. The van der Waals surface area contributed by atoms with Gasteiger partial charge in [-0.2, -0.15) is 5.10 Å². The van der Waals surface area contributed by atoms with Crippen molar-refractivity contribution in [1.29, 1.82) is 0 Å². The minimum Gasteiger partial charge on any atom is -0.504 e. The number of nitrogens with one attached hydrogen (secondary N) is 1. The first-order valence-corrected chi connectivity index (χ1v) is 8.55. The minimum absolute atomic E-state index is 0.0734. The molecule has 2 heterocycles. The maximum absolute atomic E-state index is 9.76. The summed E-state index contributed by atoms with van der Waals surface area (Å²) in [7, 11) is 1.51. The molecule has 3 aromatic rings. The summed E-state index contributed by atoms with van der Waals surface area (Å²) in [5.41, 5.74) is 5.78. The molecule has 3 rings (SSSR count). The number of ether oxygens (including phenoxy) is 1. The van der Waals surface area contributed by atoms with Crippen molar-refractivity contribution >= 4 is 56.2 Å². The van der Waals surface area contributed by atoms with Crippen LogP contribution < -0.4 is 10.2 Å². The van der Waals surface area contributed by atoms with Crippen LogP contribution in [0.1, 0.15) is 11.1 Å². The number of rotatable bonds is 4. The molecule has 0 saturated carbocycles. The molecule has 6 nitrogen and oxygen atoms in total. The third-order valence-electron chi connectivity index (χ3n) is 3.23. The molecule has 0 amide bonds. The fourth-order valence-electron chi connectivity index (χ4n) is 2.03. The number of nitrogens with zero attached hydrogens (tertiary/aromatic N) is 3. The van der Waals surface area contributed by atoms with E-state index in [1.807, 2.05) is 6.92 Å². The van der Waals surface area contributed by atoms with Gasteiger partial charge in [0.05, 0.1) is 26.4 Å². The van der Waals surface area contributed by atoms with Crippen LogP contribution in [0.15, 0.2) is 29.6 Å². The maximum atomic E-state index is 9.76. The Hall–Kier alpha value is -1.94. The SMILES string of the molecule is COc1ccc(C=NNc2ncnc3c(C)c(I)sc23)cc1O. The molecule has 2 aromatic heterocycles. The van der Waals surface area contributed by atoms with E-state index < -0.39 is 0 Å². The number of aromatic hydroxyl groups is 1. The fraction of sp³-hybridized carbons (Fsp3) is 0.133. The zero-order chi connectivity index (χ0) is 16.4. The number of aryl methyl sites for hydroxylation is 1. The maximum Gasteiger partial charge on any atom is 0.167 e. The Balaban J connectivity index is 1.83. The molecule has 0 spiro atoms. The van der Waals surface area contributed by atoms with Crippen LogP contribution in [-0.2, 0) is 0 Å². The Morgan fingerprint density at radius 1 is 1.39 bits per heavy atom. The molecule has 0 aliphatic heterocycles. The molecule has 2 N–H and O–H groups in total. The van der Waals surface area contributed by atoms with Crippen molar-refractivity contribution in [2.75, 3.05) is 12.5 Å². The Kier molecular flexibility index (Phi) is 4.62. The lowest BCUT2D eigenvalue weighted by atomic mass is 10.2. The van der Waals surface area contributed by atoms with Gasteiger partial charge in [0.25, 0.3) is 0 Å². The van der Waals surface area contributed by atoms with E-state index in [0.717, 1.165) is 21.3 Å². The molecule has 8 heteroatoms. The predicted octanol–water partition coefficient (Wildman–Crippen LogP) is 3.76. The van der Waals surface area contributed by atoms with Crippen molar-refractivity contribution in [3.05, 3.63) is 38.5 Å². The third kappa shape index (κ3) is 3.22. The van der Waals surface area contributed by atoms with Gasteiger partial charge in [-0.15, -0.1) is 11.3 Å². The van der Waals surface area contributed by atoms with Crippen molar-refractivity contribution in [3.63, 3.8) is 0 Å². The summed E-state index contributed by atoms with van der Waals surface area (Å²) in [5, 5.41) is 13.9. The lowest BCUT2D eigenvalue weighted by Gasteiger charge is -2.03. The van der Waals surface area contributed by atoms with Crippen molar-refractivity contribution in [3.8, 4) is 11.5 Å². The van der Waals surface area contributed by atoms with Gasteiger partial charge in [-0.25, -0.2) is 9.97 Å². The number of phenols is 1. The van der Waals surface area contributed by atoms with Gasteiger partial charge in [-0.1, -0.05) is 0 Å². The summed E-state index contributed by atoms with van der Waals surface area (Å²) in [6.45, 7) is 2.04. The van der Waals surface area contributed by atoms with E-state index in [9.17, 15) is 5.11 Å². The second-order valence-corrected chi connectivity index (χ2v) is 7.53. The molecule has 0 unspecified atom stereocenters. The average molecular weight is 440 g/mol.